The zero-order chi connectivity index (χ0) is 11.7. The minimum atomic E-state index is -0.444. The molecular formula is C11H14N2O2S. The van der Waals surface area contributed by atoms with Gasteiger partial charge in [-0.05, 0) is 12.5 Å². The molecule has 0 radical (unpaired) electrons. The second kappa shape index (κ2) is 4.25. The van der Waals surface area contributed by atoms with Crippen molar-refractivity contribution in [1.82, 2.24) is 4.98 Å². The van der Waals surface area contributed by atoms with Crippen molar-refractivity contribution in [1.29, 1.82) is 0 Å². The molecule has 0 amide bonds. The number of hydrogen-bond donors (Lipinski definition) is 2. The van der Waals surface area contributed by atoms with Gasteiger partial charge < -0.3 is 10.2 Å². The molecule has 0 aliphatic carbocycles. The Morgan fingerprint density at radius 2 is 2.31 bits per heavy atom. The van der Waals surface area contributed by atoms with E-state index < -0.39 is 5.76 Å². The second-order valence-corrected chi connectivity index (χ2v) is 5.22. The van der Waals surface area contributed by atoms with Crippen LogP contribution in [-0.4, -0.2) is 10.2 Å². The maximum absolute atomic E-state index is 11.0. The summed E-state index contributed by atoms with van der Waals surface area (Å²) < 4.78 is 4.93. The summed E-state index contributed by atoms with van der Waals surface area (Å²) in [6.07, 6.45) is 1.07. The van der Waals surface area contributed by atoms with Gasteiger partial charge in [-0.15, -0.1) is 11.8 Å². The number of rotatable bonds is 3. The summed E-state index contributed by atoms with van der Waals surface area (Å²) in [6.45, 7) is 4.28. The number of nitrogen functional groups attached to an aromatic ring is 1. The van der Waals surface area contributed by atoms with Crippen LogP contribution in [0.4, 0.5) is 5.69 Å². The number of anilines is 1. The van der Waals surface area contributed by atoms with Crippen LogP contribution in [0.15, 0.2) is 26.2 Å². The second-order valence-electron chi connectivity index (χ2n) is 3.74. The maximum Gasteiger partial charge on any atom is 0.417 e. The van der Waals surface area contributed by atoms with Gasteiger partial charge in [-0.3, -0.25) is 4.98 Å². The molecule has 3 N–H and O–H groups in total. The van der Waals surface area contributed by atoms with Crippen LogP contribution in [0.2, 0.25) is 0 Å². The lowest BCUT2D eigenvalue weighted by atomic mass is 10.3. The van der Waals surface area contributed by atoms with Crippen molar-refractivity contribution in [2.24, 2.45) is 0 Å². The van der Waals surface area contributed by atoms with Crippen LogP contribution in [-0.2, 0) is 0 Å². The Bertz CT molecular complexity index is 559. The van der Waals surface area contributed by atoms with Crippen LogP contribution in [0.5, 0.6) is 0 Å². The molecule has 1 atom stereocenters. The van der Waals surface area contributed by atoms with Crippen molar-refractivity contribution in [3.8, 4) is 0 Å². The zero-order valence-electron chi connectivity index (χ0n) is 9.24. The van der Waals surface area contributed by atoms with Crippen LogP contribution >= 0.6 is 11.8 Å². The number of benzene rings is 1. The Hall–Kier alpha value is -1.36. The lowest BCUT2D eigenvalue weighted by molar-refractivity contribution is 0.555. The van der Waals surface area contributed by atoms with E-state index in [4.69, 9.17) is 10.2 Å². The Morgan fingerprint density at radius 1 is 1.56 bits per heavy atom. The molecule has 0 saturated carbocycles. The summed E-state index contributed by atoms with van der Waals surface area (Å²) in [7, 11) is 0. The molecule has 1 unspecified atom stereocenters. The van der Waals surface area contributed by atoms with Crippen molar-refractivity contribution in [3.05, 3.63) is 22.7 Å². The molecule has 1 aromatic carbocycles. The van der Waals surface area contributed by atoms with Crippen molar-refractivity contribution in [3.63, 3.8) is 0 Å². The highest BCUT2D eigenvalue weighted by Gasteiger charge is 2.09. The van der Waals surface area contributed by atoms with Crippen molar-refractivity contribution in [2.75, 3.05) is 5.73 Å². The third kappa shape index (κ3) is 2.09. The quantitative estimate of drug-likeness (QED) is 0.637. The van der Waals surface area contributed by atoms with Gasteiger partial charge in [-0.1, -0.05) is 13.8 Å². The minimum absolute atomic E-state index is 0.444. The molecule has 0 aliphatic heterocycles. The first kappa shape index (κ1) is 11.1. The Morgan fingerprint density at radius 3 is 3.00 bits per heavy atom. The third-order valence-corrected chi connectivity index (χ3v) is 3.80. The lowest BCUT2D eigenvalue weighted by Crippen LogP contribution is -1.96. The third-order valence-electron chi connectivity index (χ3n) is 2.45. The first-order valence-corrected chi connectivity index (χ1v) is 6.07. The Labute approximate surface area is 97.2 Å². The smallest absolute Gasteiger partial charge is 0.408 e. The average molecular weight is 238 g/mol. The number of fused-ring (bicyclic) bond motifs is 1. The minimum Gasteiger partial charge on any atom is -0.408 e. The molecule has 0 bridgehead atoms. The van der Waals surface area contributed by atoms with E-state index in [0.29, 0.717) is 22.0 Å². The highest BCUT2D eigenvalue weighted by Crippen LogP contribution is 2.32. The normalized spacial score (nSPS) is 13.1. The lowest BCUT2D eigenvalue weighted by Gasteiger charge is -2.09. The fraction of sp³-hybridized carbons (Fsp3) is 0.364. The fourth-order valence-corrected chi connectivity index (χ4v) is 2.38. The van der Waals surface area contributed by atoms with Crippen LogP contribution in [0.25, 0.3) is 11.1 Å². The molecule has 86 valence electrons. The van der Waals surface area contributed by atoms with Gasteiger partial charge in [0, 0.05) is 21.9 Å². The Balaban J connectivity index is 2.45. The average Bonchev–Trinajstić information content (AvgIpc) is 2.58. The molecule has 16 heavy (non-hydrogen) atoms. The molecular weight excluding hydrogens is 224 g/mol. The first-order valence-electron chi connectivity index (χ1n) is 5.19. The van der Waals surface area contributed by atoms with Crippen LogP contribution in [0, 0.1) is 0 Å². The number of aromatic nitrogens is 1. The van der Waals surface area contributed by atoms with Crippen LogP contribution in [0.1, 0.15) is 20.3 Å². The molecule has 4 nitrogen and oxygen atoms in total. The van der Waals surface area contributed by atoms with Crippen LogP contribution in [0.3, 0.4) is 0 Å². The van der Waals surface area contributed by atoms with Gasteiger partial charge in [0.25, 0.3) is 0 Å². The topological polar surface area (TPSA) is 72.0 Å². The maximum atomic E-state index is 11.0. The molecule has 0 spiro atoms. The molecule has 1 heterocycles. The van der Waals surface area contributed by atoms with E-state index in [2.05, 4.69) is 18.8 Å². The summed E-state index contributed by atoms with van der Waals surface area (Å²) in [6, 6.07) is 3.56. The molecule has 2 rings (SSSR count). The molecule has 2 aromatic rings. The van der Waals surface area contributed by atoms with E-state index in [0.717, 1.165) is 11.3 Å². The number of nitrogens with one attached hydrogen (secondary N) is 1. The predicted octanol–water partition coefficient (Wildman–Crippen LogP) is 2.59. The summed E-state index contributed by atoms with van der Waals surface area (Å²) in [5.74, 6) is -0.444. The summed E-state index contributed by atoms with van der Waals surface area (Å²) in [4.78, 5) is 14.6. The summed E-state index contributed by atoms with van der Waals surface area (Å²) in [5, 5.41) is 0.498. The standard InChI is InChI=1S/C11H14N2O2S/c1-3-6(2)16-10-5-8-9(4-7(10)12)15-11(14)13-8/h4-6H,3,12H2,1-2H3,(H,13,14). The highest BCUT2D eigenvalue weighted by molar-refractivity contribution is 8.00. The molecule has 0 aliphatic rings. The zero-order valence-corrected chi connectivity index (χ0v) is 10.1. The van der Waals surface area contributed by atoms with E-state index in [-0.39, 0.29) is 0 Å². The number of H-pyrrole nitrogens is 1. The van der Waals surface area contributed by atoms with E-state index in [1.54, 1.807) is 17.8 Å². The van der Waals surface area contributed by atoms with Gasteiger partial charge in [0.1, 0.15) is 0 Å². The van der Waals surface area contributed by atoms with Crippen LogP contribution < -0.4 is 11.5 Å². The monoisotopic (exact) mass is 238 g/mol. The van der Waals surface area contributed by atoms with Gasteiger partial charge in [-0.25, -0.2) is 4.79 Å². The number of hydrogen-bond acceptors (Lipinski definition) is 4. The van der Waals surface area contributed by atoms with Gasteiger partial charge in [0.05, 0.1) is 5.52 Å². The van der Waals surface area contributed by atoms with Gasteiger partial charge in [-0.2, -0.15) is 0 Å². The molecule has 0 saturated heterocycles. The van der Waals surface area contributed by atoms with E-state index >= 15 is 0 Å². The SMILES string of the molecule is CCC(C)Sc1cc2[nH]c(=O)oc2cc1N. The van der Waals surface area contributed by atoms with E-state index in [1.807, 2.05) is 6.07 Å². The van der Waals surface area contributed by atoms with Gasteiger partial charge in [0.2, 0.25) is 0 Å². The fourth-order valence-electron chi connectivity index (χ4n) is 1.40. The van der Waals surface area contributed by atoms with E-state index in [9.17, 15) is 4.79 Å². The summed E-state index contributed by atoms with van der Waals surface area (Å²) in [5.41, 5.74) is 7.76. The number of aromatic amines is 1. The molecule has 1 aromatic heterocycles. The highest BCUT2D eigenvalue weighted by atomic mass is 32.2. The van der Waals surface area contributed by atoms with Crippen molar-refractivity contribution >= 4 is 28.5 Å². The first-order chi connectivity index (χ1) is 7.60. The number of nitrogens with two attached hydrogens (primary N) is 1. The molecule has 0 fully saturated rings. The van der Waals surface area contributed by atoms with E-state index in [1.165, 1.54) is 0 Å². The van der Waals surface area contributed by atoms with Crippen molar-refractivity contribution < 1.29 is 4.42 Å². The molecule has 5 heteroatoms. The van der Waals surface area contributed by atoms with Gasteiger partial charge >= 0.3 is 5.76 Å². The Kier molecular flexibility index (Phi) is 2.96. The van der Waals surface area contributed by atoms with Crippen molar-refractivity contribution in [2.45, 2.75) is 30.4 Å². The summed E-state index contributed by atoms with van der Waals surface area (Å²) >= 11 is 1.71. The predicted molar refractivity (Wildman–Crippen MR) is 66.9 cm³/mol. The van der Waals surface area contributed by atoms with Gasteiger partial charge in [0.15, 0.2) is 5.58 Å². The number of oxazole rings is 1. The largest absolute Gasteiger partial charge is 0.417 e. The number of thioether (sulfide) groups is 1.